The SMILES string of the molecule is CC(C)OC(Cc1ccc(-c2cccs2)cc1)(C(=O)O)C(=O)O. The molecule has 0 unspecified atom stereocenters. The fourth-order valence-electron chi connectivity index (χ4n) is 2.30. The summed E-state index contributed by atoms with van der Waals surface area (Å²) < 4.78 is 5.27. The number of benzene rings is 1. The molecule has 23 heavy (non-hydrogen) atoms. The summed E-state index contributed by atoms with van der Waals surface area (Å²) in [6.45, 7) is 3.22. The Kier molecular flexibility index (Phi) is 5.18. The molecule has 0 bridgehead atoms. The highest BCUT2D eigenvalue weighted by Gasteiger charge is 2.49. The summed E-state index contributed by atoms with van der Waals surface area (Å²) in [6.07, 6.45) is -0.756. The Morgan fingerprint density at radius 1 is 1.13 bits per heavy atom. The summed E-state index contributed by atoms with van der Waals surface area (Å²) in [5, 5.41) is 20.8. The average Bonchev–Trinajstić information content (AvgIpc) is 3.00. The Hall–Kier alpha value is -2.18. The van der Waals surface area contributed by atoms with E-state index in [-0.39, 0.29) is 6.42 Å². The van der Waals surface area contributed by atoms with E-state index in [9.17, 15) is 19.8 Å². The number of carboxylic acids is 2. The summed E-state index contributed by atoms with van der Waals surface area (Å²) in [5.74, 6) is -3.00. The minimum atomic E-state index is -2.28. The lowest BCUT2D eigenvalue weighted by atomic mass is 9.93. The van der Waals surface area contributed by atoms with Gasteiger partial charge in [-0.15, -0.1) is 11.3 Å². The van der Waals surface area contributed by atoms with Crippen molar-refractivity contribution in [2.24, 2.45) is 0 Å². The van der Waals surface area contributed by atoms with Crippen molar-refractivity contribution in [1.29, 1.82) is 0 Å². The Labute approximate surface area is 138 Å². The number of carboxylic acid groups (broad SMARTS) is 2. The molecule has 2 N–H and O–H groups in total. The first-order valence-electron chi connectivity index (χ1n) is 7.12. The lowest BCUT2D eigenvalue weighted by Gasteiger charge is -2.27. The predicted octanol–water partition coefficient (Wildman–Crippen LogP) is 3.29. The van der Waals surface area contributed by atoms with Gasteiger partial charge in [-0.05, 0) is 36.4 Å². The summed E-state index contributed by atoms with van der Waals surface area (Å²) >= 11 is 1.60. The van der Waals surface area contributed by atoms with Crippen LogP contribution in [-0.4, -0.2) is 33.9 Å². The van der Waals surface area contributed by atoms with Gasteiger partial charge in [-0.1, -0.05) is 30.3 Å². The molecule has 1 heterocycles. The van der Waals surface area contributed by atoms with Crippen LogP contribution in [0.2, 0.25) is 0 Å². The summed E-state index contributed by atoms with van der Waals surface area (Å²) in [7, 11) is 0. The molecule has 1 aromatic carbocycles. The maximum absolute atomic E-state index is 11.6. The van der Waals surface area contributed by atoms with Crippen molar-refractivity contribution in [1.82, 2.24) is 0 Å². The van der Waals surface area contributed by atoms with E-state index in [0.29, 0.717) is 5.56 Å². The van der Waals surface area contributed by atoms with Crippen LogP contribution in [0, 0.1) is 0 Å². The lowest BCUT2D eigenvalue weighted by Crippen LogP contribution is -2.52. The zero-order valence-electron chi connectivity index (χ0n) is 12.9. The molecule has 0 spiro atoms. The van der Waals surface area contributed by atoms with Crippen LogP contribution in [-0.2, 0) is 20.7 Å². The molecule has 0 saturated carbocycles. The van der Waals surface area contributed by atoms with E-state index < -0.39 is 23.6 Å². The minimum absolute atomic E-state index is 0.236. The van der Waals surface area contributed by atoms with Crippen molar-refractivity contribution in [2.45, 2.75) is 32.0 Å². The maximum atomic E-state index is 11.6. The largest absolute Gasteiger partial charge is 0.479 e. The van der Waals surface area contributed by atoms with E-state index in [4.69, 9.17) is 4.74 Å². The molecule has 0 amide bonds. The molecule has 6 heteroatoms. The predicted molar refractivity (Wildman–Crippen MR) is 87.7 cm³/mol. The highest BCUT2D eigenvalue weighted by atomic mass is 32.1. The van der Waals surface area contributed by atoms with Crippen LogP contribution >= 0.6 is 11.3 Å². The van der Waals surface area contributed by atoms with E-state index in [1.807, 2.05) is 29.6 Å². The fourth-order valence-corrected chi connectivity index (χ4v) is 3.04. The third-order valence-corrected chi connectivity index (χ3v) is 4.26. The van der Waals surface area contributed by atoms with Gasteiger partial charge >= 0.3 is 11.9 Å². The molecule has 2 aromatic rings. The number of ether oxygens (including phenoxy) is 1. The van der Waals surface area contributed by atoms with Gasteiger partial charge in [0.05, 0.1) is 6.10 Å². The zero-order valence-corrected chi connectivity index (χ0v) is 13.7. The quantitative estimate of drug-likeness (QED) is 0.759. The number of aliphatic carboxylic acids is 2. The second-order valence-electron chi connectivity index (χ2n) is 5.45. The van der Waals surface area contributed by atoms with Gasteiger partial charge in [0, 0.05) is 11.3 Å². The van der Waals surface area contributed by atoms with Crippen LogP contribution in [0.3, 0.4) is 0 Å². The number of hydrogen-bond acceptors (Lipinski definition) is 4. The second-order valence-corrected chi connectivity index (χ2v) is 6.40. The Morgan fingerprint density at radius 3 is 2.17 bits per heavy atom. The topological polar surface area (TPSA) is 83.8 Å². The molecule has 5 nitrogen and oxygen atoms in total. The van der Waals surface area contributed by atoms with E-state index in [0.717, 1.165) is 10.4 Å². The van der Waals surface area contributed by atoms with Gasteiger partial charge in [0.25, 0.3) is 5.60 Å². The minimum Gasteiger partial charge on any atom is -0.479 e. The summed E-state index contributed by atoms with van der Waals surface area (Å²) in [6, 6.07) is 11.1. The highest BCUT2D eigenvalue weighted by molar-refractivity contribution is 7.13. The maximum Gasteiger partial charge on any atom is 0.348 e. The van der Waals surface area contributed by atoms with Crippen molar-refractivity contribution in [3.8, 4) is 10.4 Å². The second kappa shape index (κ2) is 6.93. The molecule has 2 rings (SSSR count). The summed E-state index contributed by atoms with van der Waals surface area (Å²) in [5.41, 5.74) is -0.681. The average molecular weight is 334 g/mol. The highest BCUT2D eigenvalue weighted by Crippen LogP contribution is 2.27. The Balaban J connectivity index is 2.29. The molecule has 0 aliphatic heterocycles. The third kappa shape index (κ3) is 3.78. The zero-order chi connectivity index (χ0) is 17.0. The Morgan fingerprint density at radius 2 is 1.74 bits per heavy atom. The van der Waals surface area contributed by atoms with E-state index in [1.165, 1.54) is 0 Å². The molecule has 0 aliphatic carbocycles. The first-order valence-corrected chi connectivity index (χ1v) is 8.00. The van der Waals surface area contributed by atoms with Crippen LogP contribution < -0.4 is 0 Å². The third-order valence-electron chi connectivity index (χ3n) is 3.34. The molecule has 0 saturated heterocycles. The van der Waals surface area contributed by atoms with Crippen LogP contribution in [0.25, 0.3) is 10.4 Å². The molecule has 1 aromatic heterocycles. The molecule has 122 valence electrons. The van der Waals surface area contributed by atoms with Gasteiger partial charge in [-0.2, -0.15) is 0 Å². The first-order chi connectivity index (χ1) is 10.8. The molecule has 0 radical (unpaired) electrons. The van der Waals surface area contributed by atoms with Gasteiger partial charge in [0.2, 0.25) is 0 Å². The molecule has 0 atom stereocenters. The van der Waals surface area contributed by atoms with E-state index in [2.05, 4.69) is 0 Å². The molecular weight excluding hydrogens is 316 g/mol. The number of carbonyl (C=O) groups is 2. The number of hydrogen-bond donors (Lipinski definition) is 2. The van der Waals surface area contributed by atoms with Crippen molar-refractivity contribution in [3.05, 3.63) is 47.3 Å². The van der Waals surface area contributed by atoms with Crippen molar-refractivity contribution in [3.63, 3.8) is 0 Å². The number of rotatable bonds is 7. The van der Waals surface area contributed by atoms with Crippen LogP contribution in [0.4, 0.5) is 0 Å². The fraction of sp³-hybridized carbons (Fsp3) is 0.294. The van der Waals surface area contributed by atoms with Crippen molar-refractivity contribution < 1.29 is 24.5 Å². The molecule has 0 fully saturated rings. The van der Waals surface area contributed by atoms with Crippen LogP contribution in [0.1, 0.15) is 19.4 Å². The van der Waals surface area contributed by atoms with Gasteiger partial charge in [0.15, 0.2) is 0 Å². The molecular formula is C17H18O5S. The molecule has 0 aliphatic rings. The monoisotopic (exact) mass is 334 g/mol. The van der Waals surface area contributed by atoms with Crippen molar-refractivity contribution >= 4 is 23.3 Å². The number of thiophene rings is 1. The summed E-state index contributed by atoms with van der Waals surface area (Å²) in [4.78, 5) is 24.2. The van der Waals surface area contributed by atoms with E-state index >= 15 is 0 Å². The van der Waals surface area contributed by atoms with Crippen LogP contribution in [0.5, 0.6) is 0 Å². The first kappa shape index (κ1) is 17.2. The standard InChI is InChI=1S/C17H18O5S/c1-11(2)22-17(15(18)19,16(20)21)10-12-5-7-13(8-6-12)14-4-3-9-23-14/h3-9,11H,10H2,1-2H3,(H,18,19)(H,20,21). The van der Waals surface area contributed by atoms with E-state index in [1.54, 1.807) is 37.3 Å². The normalized spacial score (nSPS) is 11.6. The lowest BCUT2D eigenvalue weighted by molar-refractivity contribution is -0.188. The van der Waals surface area contributed by atoms with Gasteiger partial charge in [0.1, 0.15) is 0 Å². The van der Waals surface area contributed by atoms with Crippen LogP contribution in [0.15, 0.2) is 41.8 Å². The smallest absolute Gasteiger partial charge is 0.348 e. The van der Waals surface area contributed by atoms with Gasteiger partial charge in [-0.3, -0.25) is 0 Å². The van der Waals surface area contributed by atoms with Gasteiger partial charge < -0.3 is 14.9 Å². The van der Waals surface area contributed by atoms with Crippen molar-refractivity contribution in [2.75, 3.05) is 0 Å². The van der Waals surface area contributed by atoms with Gasteiger partial charge in [-0.25, -0.2) is 9.59 Å². The Bertz CT molecular complexity index is 660.